The molecule has 3 nitrogen and oxygen atoms in total. The summed E-state index contributed by atoms with van der Waals surface area (Å²) < 4.78 is 5.81. The maximum Gasteiger partial charge on any atom is 0.0593 e. The Morgan fingerprint density at radius 2 is 1.95 bits per heavy atom. The summed E-state index contributed by atoms with van der Waals surface area (Å²) in [6, 6.07) is 1.37. The number of piperazine rings is 1. The molecule has 2 fully saturated rings. The lowest BCUT2D eigenvalue weighted by atomic mass is 9.82. The molecule has 1 aliphatic carbocycles. The van der Waals surface area contributed by atoms with Gasteiger partial charge in [0.15, 0.2) is 0 Å². The number of nitrogens with zero attached hydrogens (tertiary/aromatic N) is 1. The van der Waals surface area contributed by atoms with Crippen LogP contribution in [0.3, 0.4) is 0 Å². The van der Waals surface area contributed by atoms with Crippen molar-refractivity contribution in [2.75, 3.05) is 32.8 Å². The summed E-state index contributed by atoms with van der Waals surface area (Å²) >= 11 is 0. The Balaban J connectivity index is 1.80. The van der Waals surface area contributed by atoms with E-state index in [0.29, 0.717) is 12.0 Å². The van der Waals surface area contributed by atoms with E-state index in [1.54, 1.807) is 0 Å². The van der Waals surface area contributed by atoms with E-state index < -0.39 is 0 Å². The molecule has 2 aliphatic rings. The van der Waals surface area contributed by atoms with Gasteiger partial charge in [-0.05, 0) is 31.6 Å². The number of hydrogen-bond donors (Lipinski definition) is 1. The average molecular weight is 282 g/mol. The van der Waals surface area contributed by atoms with Crippen molar-refractivity contribution in [3.63, 3.8) is 0 Å². The second kappa shape index (κ2) is 8.35. The van der Waals surface area contributed by atoms with Crippen molar-refractivity contribution in [1.29, 1.82) is 0 Å². The molecule has 2 unspecified atom stereocenters. The van der Waals surface area contributed by atoms with Crippen LogP contribution in [0.5, 0.6) is 0 Å². The Kier molecular flexibility index (Phi) is 6.79. The van der Waals surface area contributed by atoms with Crippen LogP contribution >= 0.6 is 0 Å². The van der Waals surface area contributed by atoms with E-state index in [2.05, 4.69) is 31.0 Å². The zero-order valence-electron chi connectivity index (χ0n) is 13.7. The number of rotatable bonds is 6. The fourth-order valence-corrected chi connectivity index (χ4v) is 3.74. The molecule has 0 radical (unpaired) electrons. The van der Waals surface area contributed by atoms with Crippen LogP contribution in [0.15, 0.2) is 0 Å². The molecule has 0 spiro atoms. The van der Waals surface area contributed by atoms with Gasteiger partial charge in [0.2, 0.25) is 0 Å². The molecule has 1 N–H and O–H groups in total. The van der Waals surface area contributed by atoms with Crippen LogP contribution in [0, 0.1) is 11.8 Å². The number of nitrogens with one attached hydrogen (secondary N) is 1. The molecule has 118 valence electrons. The summed E-state index contributed by atoms with van der Waals surface area (Å²) in [6.07, 6.45) is 7.20. The molecule has 1 saturated carbocycles. The molecule has 2 atom stereocenters. The van der Waals surface area contributed by atoms with Crippen LogP contribution in [-0.4, -0.2) is 49.8 Å². The predicted octanol–water partition coefficient (Wildman–Crippen LogP) is 2.90. The third-order valence-corrected chi connectivity index (χ3v) is 4.82. The van der Waals surface area contributed by atoms with E-state index in [9.17, 15) is 0 Å². The van der Waals surface area contributed by atoms with E-state index in [0.717, 1.165) is 31.7 Å². The molecule has 2 rings (SSSR count). The minimum absolute atomic E-state index is 0.625. The lowest BCUT2D eigenvalue weighted by Crippen LogP contribution is -2.58. The van der Waals surface area contributed by atoms with Crippen LogP contribution < -0.4 is 5.32 Å². The van der Waals surface area contributed by atoms with Crippen molar-refractivity contribution in [3.8, 4) is 0 Å². The second-order valence-corrected chi connectivity index (χ2v) is 7.24. The van der Waals surface area contributed by atoms with Crippen molar-refractivity contribution < 1.29 is 4.74 Å². The minimum atomic E-state index is 0.625. The van der Waals surface area contributed by atoms with Gasteiger partial charge in [0.25, 0.3) is 0 Å². The standard InChI is InChI=1S/C17H34N2O/c1-14(2)13-20-10-9-19-12-15(3)18-11-17(19)16-7-5-4-6-8-16/h14-18H,4-13H2,1-3H3. The van der Waals surface area contributed by atoms with Gasteiger partial charge in [-0.1, -0.05) is 33.1 Å². The number of hydrogen-bond acceptors (Lipinski definition) is 3. The second-order valence-electron chi connectivity index (χ2n) is 7.24. The molecule has 0 aromatic carbocycles. The highest BCUT2D eigenvalue weighted by molar-refractivity contribution is 4.89. The quantitative estimate of drug-likeness (QED) is 0.758. The van der Waals surface area contributed by atoms with Gasteiger partial charge in [-0.3, -0.25) is 4.90 Å². The van der Waals surface area contributed by atoms with Crippen molar-refractivity contribution in [1.82, 2.24) is 10.2 Å². The minimum Gasteiger partial charge on any atom is -0.380 e. The maximum atomic E-state index is 5.81. The summed E-state index contributed by atoms with van der Waals surface area (Å²) in [5, 5.41) is 3.69. The summed E-state index contributed by atoms with van der Waals surface area (Å²) in [5.74, 6) is 1.56. The fourth-order valence-electron chi connectivity index (χ4n) is 3.74. The van der Waals surface area contributed by atoms with Gasteiger partial charge < -0.3 is 10.1 Å². The molecule has 0 bridgehead atoms. The van der Waals surface area contributed by atoms with Gasteiger partial charge in [0.1, 0.15) is 0 Å². The van der Waals surface area contributed by atoms with Crippen molar-refractivity contribution >= 4 is 0 Å². The third-order valence-electron chi connectivity index (χ3n) is 4.82. The van der Waals surface area contributed by atoms with E-state index in [1.807, 2.05) is 0 Å². The van der Waals surface area contributed by atoms with Gasteiger partial charge in [0, 0.05) is 38.3 Å². The van der Waals surface area contributed by atoms with Crippen LogP contribution in [0.25, 0.3) is 0 Å². The summed E-state index contributed by atoms with van der Waals surface area (Å²) in [4.78, 5) is 2.71. The normalized spacial score (nSPS) is 30.0. The molecule has 3 heteroatoms. The monoisotopic (exact) mass is 282 g/mol. The molecule has 20 heavy (non-hydrogen) atoms. The van der Waals surface area contributed by atoms with Gasteiger partial charge >= 0.3 is 0 Å². The lowest BCUT2D eigenvalue weighted by molar-refractivity contribution is 0.0323. The smallest absolute Gasteiger partial charge is 0.0593 e. The summed E-state index contributed by atoms with van der Waals surface area (Å²) in [5.41, 5.74) is 0. The highest BCUT2D eigenvalue weighted by Gasteiger charge is 2.32. The highest BCUT2D eigenvalue weighted by Crippen LogP contribution is 2.30. The Hall–Kier alpha value is -0.120. The predicted molar refractivity (Wildman–Crippen MR) is 85.1 cm³/mol. The molecule has 0 aromatic rings. The number of ether oxygens (including phenoxy) is 1. The molecule has 1 aliphatic heterocycles. The highest BCUT2D eigenvalue weighted by atomic mass is 16.5. The topological polar surface area (TPSA) is 24.5 Å². The first-order valence-corrected chi connectivity index (χ1v) is 8.72. The first kappa shape index (κ1) is 16.3. The Labute approximate surface area is 125 Å². The zero-order chi connectivity index (χ0) is 14.4. The van der Waals surface area contributed by atoms with Gasteiger partial charge in [-0.15, -0.1) is 0 Å². The van der Waals surface area contributed by atoms with E-state index in [1.165, 1.54) is 45.2 Å². The average Bonchev–Trinajstić information content (AvgIpc) is 2.44. The van der Waals surface area contributed by atoms with Crippen LogP contribution in [0.4, 0.5) is 0 Å². The molecular formula is C17H34N2O. The molecule has 0 aromatic heterocycles. The largest absolute Gasteiger partial charge is 0.380 e. The lowest BCUT2D eigenvalue weighted by Gasteiger charge is -2.44. The Bertz CT molecular complexity index is 264. The molecule has 1 saturated heterocycles. The SMILES string of the molecule is CC(C)COCCN1CC(C)NCC1C1CCCCC1. The van der Waals surface area contributed by atoms with Gasteiger partial charge in [0.05, 0.1) is 6.61 Å². The zero-order valence-corrected chi connectivity index (χ0v) is 13.7. The van der Waals surface area contributed by atoms with E-state index in [-0.39, 0.29) is 0 Å². The van der Waals surface area contributed by atoms with Crippen LogP contribution in [0.1, 0.15) is 52.9 Å². The maximum absolute atomic E-state index is 5.81. The third kappa shape index (κ3) is 5.01. The van der Waals surface area contributed by atoms with Crippen LogP contribution in [-0.2, 0) is 4.74 Å². The molecular weight excluding hydrogens is 248 g/mol. The van der Waals surface area contributed by atoms with Crippen molar-refractivity contribution in [3.05, 3.63) is 0 Å². The van der Waals surface area contributed by atoms with E-state index in [4.69, 9.17) is 4.74 Å². The Morgan fingerprint density at radius 1 is 1.20 bits per heavy atom. The first-order valence-electron chi connectivity index (χ1n) is 8.72. The van der Waals surface area contributed by atoms with Crippen molar-refractivity contribution in [2.45, 2.75) is 65.0 Å². The molecule has 0 amide bonds. The Morgan fingerprint density at radius 3 is 2.65 bits per heavy atom. The fraction of sp³-hybridized carbons (Fsp3) is 1.00. The van der Waals surface area contributed by atoms with Gasteiger partial charge in [-0.25, -0.2) is 0 Å². The van der Waals surface area contributed by atoms with Gasteiger partial charge in [-0.2, -0.15) is 0 Å². The molecule has 1 heterocycles. The van der Waals surface area contributed by atoms with Crippen molar-refractivity contribution in [2.24, 2.45) is 11.8 Å². The summed E-state index contributed by atoms with van der Waals surface area (Å²) in [7, 11) is 0. The first-order chi connectivity index (χ1) is 9.66. The van der Waals surface area contributed by atoms with E-state index >= 15 is 0 Å². The van der Waals surface area contributed by atoms with Crippen LogP contribution in [0.2, 0.25) is 0 Å². The summed E-state index contributed by atoms with van der Waals surface area (Å²) in [6.45, 7) is 12.0.